The van der Waals surface area contributed by atoms with Crippen LogP contribution in [0, 0.1) is 6.92 Å². The van der Waals surface area contributed by atoms with Crippen molar-refractivity contribution in [2.24, 2.45) is 0 Å². The Kier molecular flexibility index (Phi) is 5.58. The fraction of sp³-hybridized carbons (Fsp3) is 0.150. The molecule has 1 heterocycles. The minimum atomic E-state index is -4.57. The van der Waals surface area contributed by atoms with E-state index in [0.717, 1.165) is 17.2 Å². The highest BCUT2D eigenvalue weighted by Gasteiger charge is 2.33. The van der Waals surface area contributed by atoms with Gasteiger partial charge in [0.15, 0.2) is 0 Å². The number of benzene rings is 2. The third kappa shape index (κ3) is 4.85. The summed E-state index contributed by atoms with van der Waals surface area (Å²) in [7, 11) is 0. The van der Waals surface area contributed by atoms with Crippen molar-refractivity contribution in [2.45, 2.75) is 19.6 Å². The maximum atomic E-state index is 13.1. The molecule has 5 nitrogen and oxygen atoms in total. The van der Waals surface area contributed by atoms with E-state index in [1.807, 2.05) is 31.2 Å². The largest absolute Gasteiger partial charge is 0.418 e. The van der Waals surface area contributed by atoms with Gasteiger partial charge in [-0.25, -0.2) is 9.97 Å². The zero-order chi connectivity index (χ0) is 20.1. The molecule has 144 valence electrons. The van der Waals surface area contributed by atoms with Gasteiger partial charge in [0.2, 0.25) is 0 Å². The summed E-state index contributed by atoms with van der Waals surface area (Å²) in [6.45, 7) is 2.46. The number of carbonyl (C=O) groups excluding carboxylic acids is 1. The Morgan fingerprint density at radius 3 is 2.57 bits per heavy atom. The lowest BCUT2D eigenvalue weighted by atomic mass is 10.1. The zero-order valence-electron chi connectivity index (χ0n) is 14.9. The van der Waals surface area contributed by atoms with Crippen molar-refractivity contribution in [1.29, 1.82) is 0 Å². The number of hydrogen-bond acceptors (Lipinski definition) is 4. The van der Waals surface area contributed by atoms with E-state index < -0.39 is 17.6 Å². The number of rotatable bonds is 5. The standard InChI is InChI=1S/C20H17F3N4O/c1-13-5-4-6-14(9-13)11-24-18-10-17(25-12-26-18)19(28)27-16-8-3-2-7-15(16)20(21,22)23/h2-10,12H,11H2,1H3,(H,27,28)(H,24,25,26). The van der Waals surface area contributed by atoms with Crippen LogP contribution in [0.15, 0.2) is 60.9 Å². The first-order valence-corrected chi connectivity index (χ1v) is 8.42. The molecule has 0 aliphatic heterocycles. The number of nitrogens with zero attached hydrogens (tertiary/aromatic N) is 2. The van der Waals surface area contributed by atoms with E-state index in [0.29, 0.717) is 12.4 Å². The molecular formula is C20H17F3N4O. The van der Waals surface area contributed by atoms with E-state index in [-0.39, 0.29) is 11.4 Å². The third-order valence-corrected chi connectivity index (χ3v) is 3.94. The highest BCUT2D eigenvalue weighted by molar-refractivity contribution is 6.03. The van der Waals surface area contributed by atoms with Crippen LogP contribution in [-0.2, 0) is 12.7 Å². The van der Waals surface area contributed by atoms with Gasteiger partial charge in [-0.2, -0.15) is 13.2 Å². The van der Waals surface area contributed by atoms with Gasteiger partial charge in [-0.3, -0.25) is 4.79 Å². The van der Waals surface area contributed by atoms with E-state index in [4.69, 9.17) is 0 Å². The minimum absolute atomic E-state index is 0.0429. The number of para-hydroxylation sites is 1. The van der Waals surface area contributed by atoms with Crippen molar-refractivity contribution < 1.29 is 18.0 Å². The van der Waals surface area contributed by atoms with E-state index >= 15 is 0 Å². The van der Waals surface area contributed by atoms with Crippen molar-refractivity contribution in [3.63, 3.8) is 0 Å². The van der Waals surface area contributed by atoms with E-state index in [2.05, 4.69) is 20.6 Å². The van der Waals surface area contributed by atoms with Crippen LogP contribution >= 0.6 is 0 Å². The Morgan fingerprint density at radius 2 is 1.82 bits per heavy atom. The number of anilines is 2. The summed E-state index contributed by atoms with van der Waals surface area (Å²) in [5.74, 6) is -0.358. The molecule has 0 radical (unpaired) electrons. The summed E-state index contributed by atoms with van der Waals surface area (Å²) in [4.78, 5) is 20.3. The number of amides is 1. The van der Waals surface area contributed by atoms with Gasteiger partial charge in [0.05, 0.1) is 11.3 Å². The Balaban J connectivity index is 1.73. The highest BCUT2D eigenvalue weighted by atomic mass is 19.4. The number of aromatic nitrogens is 2. The summed E-state index contributed by atoms with van der Waals surface area (Å²) >= 11 is 0. The summed E-state index contributed by atoms with van der Waals surface area (Å²) in [6.07, 6.45) is -3.39. The molecule has 0 fully saturated rings. The second-order valence-corrected chi connectivity index (χ2v) is 6.13. The van der Waals surface area contributed by atoms with Crippen molar-refractivity contribution in [1.82, 2.24) is 9.97 Å². The zero-order valence-corrected chi connectivity index (χ0v) is 14.9. The average Bonchev–Trinajstić information content (AvgIpc) is 2.66. The highest BCUT2D eigenvalue weighted by Crippen LogP contribution is 2.34. The monoisotopic (exact) mass is 386 g/mol. The van der Waals surface area contributed by atoms with Crippen molar-refractivity contribution in [2.75, 3.05) is 10.6 Å². The third-order valence-electron chi connectivity index (χ3n) is 3.94. The Morgan fingerprint density at radius 1 is 1.04 bits per heavy atom. The predicted octanol–water partition coefficient (Wildman–Crippen LogP) is 4.67. The summed E-state index contributed by atoms with van der Waals surface area (Å²) in [5, 5.41) is 5.34. The normalized spacial score (nSPS) is 11.1. The molecule has 0 saturated heterocycles. The molecule has 0 atom stereocenters. The topological polar surface area (TPSA) is 66.9 Å². The molecule has 3 rings (SSSR count). The van der Waals surface area contributed by atoms with Gasteiger partial charge in [0.25, 0.3) is 5.91 Å². The van der Waals surface area contributed by atoms with Gasteiger partial charge in [0.1, 0.15) is 17.8 Å². The Bertz CT molecular complexity index is 989. The van der Waals surface area contributed by atoms with Gasteiger partial charge < -0.3 is 10.6 Å². The quantitative estimate of drug-likeness (QED) is 0.669. The van der Waals surface area contributed by atoms with Gasteiger partial charge in [-0.15, -0.1) is 0 Å². The number of alkyl halides is 3. The smallest absolute Gasteiger partial charge is 0.366 e. The molecule has 8 heteroatoms. The summed E-state index contributed by atoms with van der Waals surface area (Å²) in [5.41, 5.74) is 0.857. The van der Waals surface area contributed by atoms with Gasteiger partial charge >= 0.3 is 6.18 Å². The summed E-state index contributed by atoms with van der Waals surface area (Å²) in [6, 6.07) is 14.0. The predicted molar refractivity (Wildman–Crippen MR) is 99.9 cm³/mol. The van der Waals surface area contributed by atoms with Crippen LogP contribution in [0.1, 0.15) is 27.2 Å². The lowest BCUT2D eigenvalue weighted by Gasteiger charge is -2.13. The fourth-order valence-corrected chi connectivity index (χ4v) is 2.62. The first kappa shape index (κ1) is 19.3. The summed E-state index contributed by atoms with van der Waals surface area (Å²) < 4.78 is 39.2. The lowest BCUT2D eigenvalue weighted by molar-refractivity contribution is -0.136. The number of aryl methyl sites for hydroxylation is 1. The number of nitrogens with one attached hydrogen (secondary N) is 2. The molecule has 0 aliphatic rings. The second kappa shape index (κ2) is 8.08. The molecule has 1 aromatic heterocycles. The van der Waals surface area contributed by atoms with Crippen molar-refractivity contribution in [3.05, 3.63) is 83.3 Å². The molecule has 0 unspecified atom stereocenters. The molecule has 28 heavy (non-hydrogen) atoms. The van der Waals surface area contributed by atoms with Gasteiger partial charge in [-0.1, -0.05) is 42.0 Å². The van der Waals surface area contributed by atoms with Crippen LogP contribution in [0.3, 0.4) is 0 Å². The first-order valence-electron chi connectivity index (χ1n) is 8.42. The second-order valence-electron chi connectivity index (χ2n) is 6.13. The van der Waals surface area contributed by atoms with Crippen LogP contribution in [0.5, 0.6) is 0 Å². The molecular weight excluding hydrogens is 369 g/mol. The van der Waals surface area contributed by atoms with Gasteiger partial charge in [0, 0.05) is 12.6 Å². The van der Waals surface area contributed by atoms with E-state index in [1.54, 1.807) is 0 Å². The molecule has 3 aromatic rings. The molecule has 0 aliphatic carbocycles. The molecule has 0 bridgehead atoms. The average molecular weight is 386 g/mol. The fourth-order valence-electron chi connectivity index (χ4n) is 2.62. The maximum absolute atomic E-state index is 13.1. The van der Waals surface area contributed by atoms with E-state index in [9.17, 15) is 18.0 Å². The molecule has 0 saturated carbocycles. The number of carbonyl (C=O) groups is 1. The number of halogens is 3. The van der Waals surface area contributed by atoms with Gasteiger partial charge in [-0.05, 0) is 24.6 Å². The van der Waals surface area contributed by atoms with Crippen molar-refractivity contribution >= 4 is 17.4 Å². The minimum Gasteiger partial charge on any atom is -0.366 e. The van der Waals surface area contributed by atoms with Crippen LogP contribution in [0.25, 0.3) is 0 Å². The Labute approximate surface area is 159 Å². The molecule has 2 N–H and O–H groups in total. The van der Waals surface area contributed by atoms with Crippen LogP contribution < -0.4 is 10.6 Å². The van der Waals surface area contributed by atoms with Crippen molar-refractivity contribution in [3.8, 4) is 0 Å². The van der Waals surface area contributed by atoms with E-state index in [1.165, 1.54) is 30.6 Å². The lowest BCUT2D eigenvalue weighted by Crippen LogP contribution is -2.18. The SMILES string of the molecule is Cc1cccc(CNc2cc(C(=O)Nc3ccccc3C(F)(F)F)ncn2)c1. The molecule has 1 amide bonds. The molecule has 2 aromatic carbocycles. The van der Waals surface area contributed by atoms with Crippen LogP contribution in [0.4, 0.5) is 24.7 Å². The molecule has 0 spiro atoms. The maximum Gasteiger partial charge on any atom is 0.418 e. The first-order chi connectivity index (χ1) is 13.3. The van der Waals surface area contributed by atoms with Crippen LogP contribution in [-0.4, -0.2) is 15.9 Å². The number of hydrogen-bond donors (Lipinski definition) is 2. The Hall–Kier alpha value is -3.42. The van der Waals surface area contributed by atoms with Crippen LogP contribution in [0.2, 0.25) is 0 Å².